The second-order valence-electron chi connectivity index (χ2n) is 6.33. The van der Waals surface area contributed by atoms with Crippen LogP contribution >= 0.6 is 0 Å². The van der Waals surface area contributed by atoms with E-state index in [1.54, 1.807) is 6.20 Å². The molecule has 0 aliphatic carbocycles. The fraction of sp³-hybridized carbons (Fsp3) is 0.333. The number of aryl methyl sites for hydroxylation is 1. The number of rotatable bonds is 2. The third-order valence-corrected chi connectivity index (χ3v) is 4.64. The summed E-state index contributed by atoms with van der Waals surface area (Å²) < 4.78 is 2.11. The number of nitrogens with zero attached hydrogens (tertiary/aromatic N) is 3. The molecular weight excluding hydrogens is 288 g/mol. The van der Waals surface area contributed by atoms with Crippen molar-refractivity contribution in [1.82, 2.24) is 19.4 Å². The number of imidazole rings is 1. The van der Waals surface area contributed by atoms with E-state index in [0.29, 0.717) is 11.7 Å². The van der Waals surface area contributed by atoms with Crippen molar-refractivity contribution in [2.24, 2.45) is 0 Å². The summed E-state index contributed by atoms with van der Waals surface area (Å²) in [6.07, 6.45) is 7.72. The van der Waals surface area contributed by atoms with Crippen molar-refractivity contribution in [2.45, 2.75) is 25.8 Å². The minimum absolute atomic E-state index is 0.0867. The Morgan fingerprint density at radius 1 is 1.35 bits per heavy atom. The topological polar surface area (TPSA) is 53.9 Å². The standard InChI is InChI=1S/C18H20N4O/c1-13-4-5-14-10-17(20-16(14)9-13)18(23)21-7-2-3-15(11-21)22-8-6-19-12-22/h4-6,8-10,12,15,20H,2-3,7,11H2,1H3/t15-/m1/s1. The summed E-state index contributed by atoms with van der Waals surface area (Å²) in [7, 11) is 0. The molecule has 1 saturated heterocycles. The lowest BCUT2D eigenvalue weighted by Crippen LogP contribution is -2.40. The number of amides is 1. The normalized spacial score (nSPS) is 18.5. The lowest BCUT2D eigenvalue weighted by molar-refractivity contribution is 0.0674. The van der Waals surface area contributed by atoms with Crippen LogP contribution in [0.1, 0.15) is 34.9 Å². The van der Waals surface area contributed by atoms with Gasteiger partial charge in [0.15, 0.2) is 0 Å². The van der Waals surface area contributed by atoms with Gasteiger partial charge in [-0.05, 0) is 37.5 Å². The highest BCUT2D eigenvalue weighted by Gasteiger charge is 2.26. The van der Waals surface area contributed by atoms with Crippen LogP contribution < -0.4 is 0 Å². The molecule has 1 amide bonds. The van der Waals surface area contributed by atoms with Crippen molar-refractivity contribution in [3.8, 4) is 0 Å². The molecule has 1 aliphatic rings. The smallest absolute Gasteiger partial charge is 0.270 e. The Bertz CT molecular complexity index is 834. The molecule has 2 aromatic heterocycles. The van der Waals surface area contributed by atoms with E-state index >= 15 is 0 Å². The number of carbonyl (C=O) groups is 1. The highest BCUT2D eigenvalue weighted by molar-refractivity contribution is 5.98. The fourth-order valence-corrected chi connectivity index (χ4v) is 3.39. The van der Waals surface area contributed by atoms with Gasteiger partial charge in [0.05, 0.1) is 12.4 Å². The van der Waals surface area contributed by atoms with Gasteiger partial charge < -0.3 is 14.5 Å². The van der Waals surface area contributed by atoms with E-state index in [4.69, 9.17) is 0 Å². The van der Waals surface area contributed by atoms with Gasteiger partial charge in [-0.3, -0.25) is 4.79 Å². The Hall–Kier alpha value is -2.56. The number of carbonyl (C=O) groups excluding carboxylic acids is 1. The maximum Gasteiger partial charge on any atom is 0.270 e. The largest absolute Gasteiger partial charge is 0.351 e. The Kier molecular flexibility index (Phi) is 3.41. The van der Waals surface area contributed by atoms with E-state index in [0.717, 1.165) is 36.8 Å². The average Bonchev–Trinajstić information content (AvgIpc) is 3.23. The van der Waals surface area contributed by atoms with Crippen LogP contribution in [0.15, 0.2) is 43.0 Å². The van der Waals surface area contributed by atoms with E-state index in [1.807, 2.05) is 23.5 Å². The second kappa shape index (κ2) is 5.57. The van der Waals surface area contributed by atoms with Gasteiger partial charge in [-0.1, -0.05) is 12.1 Å². The van der Waals surface area contributed by atoms with Gasteiger partial charge in [-0.25, -0.2) is 4.98 Å². The minimum Gasteiger partial charge on any atom is -0.351 e. The first-order chi connectivity index (χ1) is 11.2. The molecule has 5 nitrogen and oxygen atoms in total. The molecule has 1 atom stereocenters. The Balaban J connectivity index is 1.57. The van der Waals surface area contributed by atoms with Gasteiger partial charge in [0.25, 0.3) is 5.91 Å². The van der Waals surface area contributed by atoms with Gasteiger partial charge in [-0.2, -0.15) is 0 Å². The van der Waals surface area contributed by atoms with Crippen LogP contribution in [-0.4, -0.2) is 38.4 Å². The fourth-order valence-electron chi connectivity index (χ4n) is 3.39. The lowest BCUT2D eigenvalue weighted by atomic mass is 10.1. The molecule has 0 saturated carbocycles. The van der Waals surface area contributed by atoms with E-state index in [-0.39, 0.29) is 5.91 Å². The zero-order chi connectivity index (χ0) is 15.8. The maximum atomic E-state index is 12.8. The molecule has 1 aromatic carbocycles. The van der Waals surface area contributed by atoms with Crippen LogP contribution in [0.25, 0.3) is 10.9 Å². The molecule has 1 N–H and O–H groups in total. The number of hydrogen-bond donors (Lipinski definition) is 1. The molecule has 3 aromatic rings. The first kappa shape index (κ1) is 14.1. The monoisotopic (exact) mass is 308 g/mol. The van der Waals surface area contributed by atoms with Crippen LogP contribution in [0.4, 0.5) is 0 Å². The number of H-pyrrole nitrogens is 1. The number of hydrogen-bond acceptors (Lipinski definition) is 2. The van der Waals surface area contributed by atoms with Crippen molar-refractivity contribution >= 4 is 16.8 Å². The molecule has 0 radical (unpaired) electrons. The zero-order valence-corrected chi connectivity index (χ0v) is 13.2. The third-order valence-electron chi connectivity index (χ3n) is 4.64. The highest BCUT2D eigenvalue weighted by Crippen LogP contribution is 2.24. The SMILES string of the molecule is Cc1ccc2cc(C(=O)N3CCC[C@@H](n4ccnc4)C3)[nH]c2c1. The lowest BCUT2D eigenvalue weighted by Gasteiger charge is -2.33. The van der Waals surface area contributed by atoms with Crippen molar-refractivity contribution in [3.63, 3.8) is 0 Å². The molecule has 5 heteroatoms. The zero-order valence-electron chi connectivity index (χ0n) is 13.2. The average molecular weight is 308 g/mol. The number of likely N-dealkylation sites (tertiary alicyclic amines) is 1. The number of nitrogens with one attached hydrogen (secondary N) is 1. The molecule has 0 spiro atoms. The molecule has 0 unspecified atom stereocenters. The van der Waals surface area contributed by atoms with E-state index in [9.17, 15) is 4.79 Å². The van der Waals surface area contributed by atoms with Crippen LogP contribution in [0.5, 0.6) is 0 Å². The maximum absolute atomic E-state index is 12.8. The molecule has 23 heavy (non-hydrogen) atoms. The molecular formula is C18H20N4O. The number of aromatic nitrogens is 3. The predicted molar refractivity (Wildman–Crippen MR) is 89.4 cm³/mol. The Morgan fingerprint density at radius 3 is 3.09 bits per heavy atom. The highest BCUT2D eigenvalue weighted by atomic mass is 16.2. The van der Waals surface area contributed by atoms with Crippen molar-refractivity contribution < 1.29 is 4.79 Å². The van der Waals surface area contributed by atoms with Crippen LogP contribution in [0, 0.1) is 6.92 Å². The first-order valence-electron chi connectivity index (χ1n) is 8.07. The summed E-state index contributed by atoms with van der Waals surface area (Å²) in [6, 6.07) is 8.49. The minimum atomic E-state index is 0.0867. The van der Waals surface area contributed by atoms with Crippen molar-refractivity contribution in [3.05, 3.63) is 54.2 Å². The molecule has 4 rings (SSSR count). The summed E-state index contributed by atoms with van der Waals surface area (Å²) in [5, 5.41) is 1.09. The van der Waals surface area contributed by atoms with Gasteiger partial charge in [0.1, 0.15) is 5.69 Å². The van der Waals surface area contributed by atoms with Crippen LogP contribution in [-0.2, 0) is 0 Å². The van der Waals surface area contributed by atoms with Gasteiger partial charge in [-0.15, -0.1) is 0 Å². The van der Waals surface area contributed by atoms with Crippen molar-refractivity contribution in [1.29, 1.82) is 0 Å². The molecule has 1 fully saturated rings. The number of benzene rings is 1. The quantitative estimate of drug-likeness (QED) is 0.790. The van der Waals surface area contributed by atoms with Gasteiger partial charge in [0, 0.05) is 36.4 Å². The first-order valence-corrected chi connectivity index (χ1v) is 8.07. The number of aromatic amines is 1. The molecule has 3 heterocycles. The Labute approximate surface area is 134 Å². The van der Waals surface area contributed by atoms with Crippen molar-refractivity contribution in [2.75, 3.05) is 13.1 Å². The number of piperidine rings is 1. The third kappa shape index (κ3) is 2.63. The van der Waals surface area contributed by atoms with E-state index in [2.05, 4.69) is 39.7 Å². The predicted octanol–water partition coefficient (Wildman–Crippen LogP) is 3.15. The Morgan fingerprint density at radius 2 is 2.26 bits per heavy atom. The van der Waals surface area contributed by atoms with E-state index < -0.39 is 0 Å². The summed E-state index contributed by atoms with van der Waals surface area (Å²) in [5.74, 6) is 0.0867. The van der Waals surface area contributed by atoms with Crippen LogP contribution in [0.3, 0.4) is 0 Å². The molecule has 1 aliphatic heterocycles. The van der Waals surface area contributed by atoms with Gasteiger partial charge in [0.2, 0.25) is 0 Å². The summed E-state index contributed by atoms with van der Waals surface area (Å²) in [4.78, 5) is 22.2. The molecule has 0 bridgehead atoms. The van der Waals surface area contributed by atoms with Crippen LogP contribution in [0.2, 0.25) is 0 Å². The molecule has 118 valence electrons. The number of fused-ring (bicyclic) bond motifs is 1. The van der Waals surface area contributed by atoms with E-state index in [1.165, 1.54) is 5.56 Å². The summed E-state index contributed by atoms with van der Waals surface area (Å²) in [6.45, 7) is 3.62. The summed E-state index contributed by atoms with van der Waals surface area (Å²) >= 11 is 0. The second-order valence-corrected chi connectivity index (χ2v) is 6.33. The summed E-state index contributed by atoms with van der Waals surface area (Å²) in [5.41, 5.74) is 2.89. The van der Waals surface area contributed by atoms with Gasteiger partial charge >= 0.3 is 0 Å².